The maximum Gasteiger partial charge on any atom is 0.245 e. The molecule has 0 radical (unpaired) electrons. The summed E-state index contributed by atoms with van der Waals surface area (Å²) in [6.45, 7) is 27.6. The van der Waals surface area contributed by atoms with E-state index in [1.54, 1.807) is 0 Å². The zero-order valence-electron chi connectivity index (χ0n) is 20.1. The van der Waals surface area contributed by atoms with Crippen molar-refractivity contribution in [1.29, 1.82) is 0 Å². The molecular weight excluding hydrogens is 354 g/mol. The first-order valence-electron chi connectivity index (χ1n) is 9.99. The van der Waals surface area contributed by atoms with Crippen LogP contribution in [-0.2, 0) is 4.79 Å². The van der Waals surface area contributed by atoms with E-state index in [-0.39, 0.29) is 16.7 Å². The molecule has 2 N–H and O–H groups in total. The molecule has 1 saturated heterocycles. The molecule has 0 aliphatic carbocycles. The molecule has 5 heteroatoms. The number of nitrogens with one attached hydrogen (secondary N) is 2. The topological polar surface area (TPSA) is 53.5 Å². The molecule has 1 rings (SSSR count). The van der Waals surface area contributed by atoms with Gasteiger partial charge in [-0.05, 0) is 17.8 Å². The lowest BCUT2D eigenvalue weighted by Crippen LogP contribution is -2.44. The van der Waals surface area contributed by atoms with E-state index in [2.05, 4.69) is 89.9 Å². The zero-order valence-corrected chi connectivity index (χ0v) is 20.9. The first kappa shape index (κ1) is 26.4. The van der Waals surface area contributed by atoms with Gasteiger partial charge < -0.3 is 5.32 Å². The molecule has 0 spiro atoms. The molecule has 1 amide bonds. The van der Waals surface area contributed by atoms with E-state index in [1.807, 2.05) is 27.7 Å². The fourth-order valence-electron chi connectivity index (χ4n) is 1.94. The second kappa shape index (κ2) is 9.30. The van der Waals surface area contributed by atoms with Gasteiger partial charge in [-0.1, -0.05) is 83.1 Å². The maximum atomic E-state index is 11.5. The van der Waals surface area contributed by atoms with E-state index in [0.717, 1.165) is 5.71 Å². The van der Waals surface area contributed by atoms with E-state index in [9.17, 15) is 4.79 Å². The third-order valence-electron chi connectivity index (χ3n) is 4.71. The summed E-state index contributed by atoms with van der Waals surface area (Å²) in [6.07, 6.45) is 0. The van der Waals surface area contributed by atoms with E-state index >= 15 is 0 Å². The molecular formula is C22H45N3OS. The van der Waals surface area contributed by atoms with Crippen molar-refractivity contribution in [3.63, 3.8) is 0 Å². The van der Waals surface area contributed by atoms with E-state index in [4.69, 9.17) is 0 Å². The molecule has 160 valence electrons. The summed E-state index contributed by atoms with van der Waals surface area (Å²) in [5, 5.41) is 8.43. The van der Waals surface area contributed by atoms with Crippen molar-refractivity contribution < 1.29 is 4.79 Å². The number of nitrogens with zero attached hydrogens (tertiary/aromatic N) is 1. The monoisotopic (exact) mass is 399 g/mol. The SMILES string of the molecule is C/C(=N\NC(=O)C(C)(C)C)C(C)(C)C.CC(C)(C)C1CSC(C(C)(C)C)N1. The lowest BCUT2D eigenvalue weighted by molar-refractivity contribution is -0.128. The Hall–Kier alpha value is -0.550. The number of hydrogen-bond acceptors (Lipinski definition) is 4. The summed E-state index contributed by atoms with van der Waals surface area (Å²) in [4.78, 5) is 11.5. The van der Waals surface area contributed by atoms with Crippen LogP contribution in [0, 0.1) is 21.7 Å². The van der Waals surface area contributed by atoms with Crippen molar-refractivity contribution in [1.82, 2.24) is 10.7 Å². The normalized spacial score (nSPS) is 22.2. The lowest BCUT2D eigenvalue weighted by Gasteiger charge is -2.31. The highest BCUT2D eigenvalue weighted by molar-refractivity contribution is 8.00. The Kier molecular flexibility index (Phi) is 9.11. The van der Waals surface area contributed by atoms with Crippen LogP contribution in [0.2, 0.25) is 0 Å². The van der Waals surface area contributed by atoms with Crippen LogP contribution in [0.3, 0.4) is 0 Å². The summed E-state index contributed by atoms with van der Waals surface area (Å²) >= 11 is 2.07. The van der Waals surface area contributed by atoms with Crippen LogP contribution < -0.4 is 10.7 Å². The minimum Gasteiger partial charge on any atom is -0.301 e. The Morgan fingerprint density at radius 3 is 1.63 bits per heavy atom. The molecule has 0 aromatic heterocycles. The minimum atomic E-state index is -0.387. The van der Waals surface area contributed by atoms with Crippen molar-refractivity contribution in [2.45, 2.75) is 101 Å². The molecule has 0 aromatic rings. The largest absolute Gasteiger partial charge is 0.301 e. The van der Waals surface area contributed by atoms with Crippen molar-refractivity contribution in [3.05, 3.63) is 0 Å². The highest BCUT2D eigenvalue weighted by Gasteiger charge is 2.37. The van der Waals surface area contributed by atoms with Gasteiger partial charge in [-0.2, -0.15) is 5.10 Å². The fourth-order valence-corrected chi connectivity index (χ4v) is 3.68. The van der Waals surface area contributed by atoms with Crippen molar-refractivity contribution in [2.24, 2.45) is 26.8 Å². The molecule has 1 aliphatic rings. The first-order chi connectivity index (χ1) is 11.8. The Bertz CT molecular complexity index is 494. The highest BCUT2D eigenvalue weighted by atomic mass is 32.2. The van der Waals surface area contributed by atoms with Crippen molar-refractivity contribution in [3.8, 4) is 0 Å². The van der Waals surface area contributed by atoms with Crippen molar-refractivity contribution >= 4 is 23.4 Å². The quantitative estimate of drug-likeness (QED) is 0.440. The van der Waals surface area contributed by atoms with Crippen LogP contribution in [0.15, 0.2) is 5.10 Å². The van der Waals surface area contributed by atoms with E-state index < -0.39 is 0 Å². The average molecular weight is 400 g/mol. The Labute approximate surface area is 173 Å². The summed E-state index contributed by atoms with van der Waals surface area (Å²) in [5.74, 6) is 1.20. The van der Waals surface area contributed by atoms with Crippen LogP contribution in [0.4, 0.5) is 0 Å². The number of amides is 1. The fraction of sp³-hybridized carbons (Fsp3) is 0.909. The van der Waals surface area contributed by atoms with Gasteiger partial charge in [0.15, 0.2) is 0 Å². The average Bonchev–Trinajstić information content (AvgIpc) is 2.92. The molecule has 1 heterocycles. The van der Waals surface area contributed by atoms with Crippen LogP contribution in [-0.4, -0.2) is 28.8 Å². The number of hydrazone groups is 1. The summed E-state index contributed by atoms with van der Waals surface area (Å²) in [6, 6.07) is 0.668. The maximum absolute atomic E-state index is 11.5. The van der Waals surface area contributed by atoms with Crippen LogP contribution in [0.25, 0.3) is 0 Å². The van der Waals surface area contributed by atoms with Crippen LogP contribution in [0.1, 0.15) is 90.0 Å². The second-order valence-electron chi connectivity index (χ2n) is 11.8. The van der Waals surface area contributed by atoms with Gasteiger partial charge in [0.1, 0.15) is 0 Å². The molecule has 2 atom stereocenters. The number of carbonyl (C=O) groups is 1. The van der Waals surface area contributed by atoms with Gasteiger partial charge in [-0.25, -0.2) is 5.43 Å². The Balaban J connectivity index is 0.000000501. The smallest absolute Gasteiger partial charge is 0.245 e. The predicted molar refractivity (Wildman–Crippen MR) is 122 cm³/mol. The first-order valence-corrected chi connectivity index (χ1v) is 11.0. The molecule has 2 unspecified atom stereocenters. The Morgan fingerprint density at radius 2 is 1.37 bits per heavy atom. The molecule has 4 nitrogen and oxygen atoms in total. The summed E-state index contributed by atoms with van der Waals surface area (Å²) in [7, 11) is 0. The van der Waals surface area contributed by atoms with E-state index in [1.165, 1.54) is 5.75 Å². The minimum absolute atomic E-state index is 0.00512. The van der Waals surface area contributed by atoms with Gasteiger partial charge >= 0.3 is 0 Å². The highest BCUT2D eigenvalue weighted by Crippen LogP contribution is 2.37. The van der Waals surface area contributed by atoms with E-state index in [0.29, 0.717) is 22.2 Å². The van der Waals surface area contributed by atoms with Crippen molar-refractivity contribution in [2.75, 3.05) is 5.75 Å². The van der Waals surface area contributed by atoms with Gasteiger partial charge in [0, 0.05) is 28.3 Å². The summed E-state index contributed by atoms with van der Waals surface area (Å²) < 4.78 is 0. The lowest BCUT2D eigenvalue weighted by atomic mass is 9.87. The molecule has 0 saturated carbocycles. The van der Waals surface area contributed by atoms with Crippen LogP contribution in [0.5, 0.6) is 0 Å². The van der Waals surface area contributed by atoms with Gasteiger partial charge in [-0.3, -0.25) is 4.79 Å². The van der Waals surface area contributed by atoms with Gasteiger partial charge in [-0.15, -0.1) is 11.8 Å². The van der Waals surface area contributed by atoms with Gasteiger partial charge in [0.05, 0.1) is 5.37 Å². The van der Waals surface area contributed by atoms with Gasteiger partial charge in [0.2, 0.25) is 5.91 Å². The van der Waals surface area contributed by atoms with Crippen LogP contribution >= 0.6 is 11.8 Å². The third-order valence-corrected chi connectivity index (χ3v) is 6.41. The molecule has 0 aromatic carbocycles. The zero-order chi connectivity index (χ0) is 21.8. The molecule has 1 aliphatic heterocycles. The second-order valence-corrected chi connectivity index (χ2v) is 12.9. The predicted octanol–water partition coefficient (Wildman–Crippen LogP) is 5.68. The number of hydrogen-bond donors (Lipinski definition) is 2. The van der Waals surface area contributed by atoms with Gasteiger partial charge in [0.25, 0.3) is 0 Å². The molecule has 1 fully saturated rings. The third kappa shape index (κ3) is 9.98. The Morgan fingerprint density at radius 1 is 0.889 bits per heavy atom. The summed E-state index contributed by atoms with van der Waals surface area (Å²) in [5.41, 5.74) is 3.90. The number of rotatable bonds is 1. The molecule has 0 bridgehead atoms. The number of carbonyl (C=O) groups excluding carboxylic acids is 1. The standard InChI is InChI=1S/C11H22N2O.C11H23NS/c1-8(10(2,3)4)12-13-9(14)11(5,6)7;1-10(2,3)8-7-13-9(12-8)11(4,5)6/h1-7H3,(H,13,14);8-9,12H,7H2,1-6H3/b12-8+;. The number of thioether (sulfide) groups is 1. The molecule has 27 heavy (non-hydrogen) atoms.